The molecule has 6 heteroatoms. The van der Waals surface area contributed by atoms with Crippen LogP contribution in [0.2, 0.25) is 0 Å². The lowest BCUT2D eigenvalue weighted by Gasteiger charge is -2.34. The molecule has 0 bridgehead atoms. The highest BCUT2D eigenvalue weighted by molar-refractivity contribution is 7.99. The summed E-state index contributed by atoms with van der Waals surface area (Å²) in [7, 11) is 0. The second-order valence-corrected chi connectivity index (χ2v) is 5.85. The lowest BCUT2D eigenvalue weighted by atomic mass is 10.0. The van der Waals surface area contributed by atoms with Gasteiger partial charge in [0.05, 0.1) is 6.04 Å². The summed E-state index contributed by atoms with van der Waals surface area (Å²) >= 11 is 1.56. The van der Waals surface area contributed by atoms with Crippen LogP contribution in [-0.2, 0) is 9.59 Å². The van der Waals surface area contributed by atoms with Crippen LogP contribution in [0.15, 0.2) is 0 Å². The maximum atomic E-state index is 12.1. The van der Waals surface area contributed by atoms with Gasteiger partial charge in [0, 0.05) is 18.1 Å². The van der Waals surface area contributed by atoms with E-state index >= 15 is 0 Å². The van der Waals surface area contributed by atoms with Gasteiger partial charge in [-0.05, 0) is 12.3 Å². The molecule has 17 heavy (non-hydrogen) atoms. The van der Waals surface area contributed by atoms with Crippen molar-refractivity contribution < 1.29 is 14.7 Å². The zero-order valence-corrected chi connectivity index (χ0v) is 11.1. The quantitative estimate of drug-likeness (QED) is 0.764. The van der Waals surface area contributed by atoms with Crippen molar-refractivity contribution in [3.63, 3.8) is 0 Å². The summed E-state index contributed by atoms with van der Waals surface area (Å²) in [5, 5.41) is 9.07. The molecule has 2 atom stereocenters. The molecule has 3 N–H and O–H groups in total. The molecule has 5 nitrogen and oxygen atoms in total. The Kier molecular flexibility index (Phi) is 5.27. The van der Waals surface area contributed by atoms with E-state index in [0.717, 1.165) is 5.75 Å². The van der Waals surface area contributed by atoms with Gasteiger partial charge in [-0.15, -0.1) is 0 Å². The molecular weight excluding hydrogens is 240 g/mol. The monoisotopic (exact) mass is 260 g/mol. The third kappa shape index (κ3) is 3.89. The van der Waals surface area contributed by atoms with Crippen LogP contribution in [0.3, 0.4) is 0 Å². The van der Waals surface area contributed by atoms with E-state index in [9.17, 15) is 9.59 Å². The van der Waals surface area contributed by atoms with Crippen molar-refractivity contribution in [1.82, 2.24) is 4.90 Å². The van der Waals surface area contributed by atoms with Gasteiger partial charge in [0.2, 0.25) is 5.91 Å². The number of amides is 1. The normalized spacial score (nSPS) is 22.6. The first-order valence-electron chi connectivity index (χ1n) is 5.80. The molecule has 0 aromatic carbocycles. The van der Waals surface area contributed by atoms with Crippen LogP contribution in [-0.4, -0.2) is 52.0 Å². The molecule has 1 aliphatic heterocycles. The Hall–Kier alpha value is -0.750. The molecule has 1 heterocycles. The molecule has 1 amide bonds. The van der Waals surface area contributed by atoms with Gasteiger partial charge < -0.3 is 15.7 Å². The molecule has 1 saturated heterocycles. The van der Waals surface area contributed by atoms with Crippen molar-refractivity contribution >= 4 is 23.6 Å². The Morgan fingerprint density at radius 1 is 1.53 bits per heavy atom. The third-order valence-corrected chi connectivity index (χ3v) is 3.76. The van der Waals surface area contributed by atoms with Crippen molar-refractivity contribution in [2.75, 3.05) is 18.1 Å². The number of aliphatic carboxylic acids is 1. The number of carbonyl (C=O) groups excluding carboxylic acids is 1. The van der Waals surface area contributed by atoms with E-state index < -0.39 is 18.1 Å². The minimum atomic E-state index is -0.942. The molecule has 1 aliphatic rings. The number of rotatable bonds is 4. The average molecular weight is 260 g/mol. The highest BCUT2D eigenvalue weighted by Crippen LogP contribution is 2.18. The Bertz CT molecular complexity index is 296. The van der Waals surface area contributed by atoms with Gasteiger partial charge in [0.15, 0.2) is 0 Å². The molecule has 0 aromatic rings. The molecule has 1 fully saturated rings. The largest absolute Gasteiger partial charge is 0.480 e. The highest BCUT2D eigenvalue weighted by atomic mass is 32.2. The zero-order chi connectivity index (χ0) is 13.0. The smallest absolute Gasteiger partial charge is 0.327 e. The van der Waals surface area contributed by atoms with E-state index in [1.165, 1.54) is 4.90 Å². The van der Waals surface area contributed by atoms with Crippen LogP contribution < -0.4 is 5.73 Å². The number of hydrogen-bond acceptors (Lipinski definition) is 4. The fraction of sp³-hybridized carbons (Fsp3) is 0.818. The number of carboxylic acids is 1. The molecule has 0 spiro atoms. The van der Waals surface area contributed by atoms with Crippen LogP contribution in [0, 0.1) is 5.92 Å². The van der Waals surface area contributed by atoms with E-state index in [2.05, 4.69) is 0 Å². The zero-order valence-electron chi connectivity index (χ0n) is 10.3. The lowest BCUT2D eigenvalue weighted by molar-refractivity contribution is -0.149. The number of nitrogens with zero attached hydrogens (tertiary/aromatic N) is 1. The maximum absolute atomic E-state index is 12.1. The number of thioether (sulfide) groups is 1. The first-order chi connectivity index (χ1) is 7.93. The van der Waals surface area contributed by atoms with E-state index in [1.807, 2.05) is 13.8 Å². The summed E-state index contributed by atoms with van der Waals surface area (Å²) in [5.41, 5.74) is 5.82. The van der Waals surface area contributed by atoms with E-state index in [0.29, 0.717) is 24.6 Å². The number of carboxylic acid groups (broad SMARTS) is 1. The Morgan fingerprint density at radius 2 is 2.18 bits per heavy atom. The van der Waals surface area contributed by atoms with Crippen LogP contribution in [0.1, 0.15) is 20.3 Å². The fourth-order valence-electron chi connectivity index (χ4n) is 1.89. The predicted octanol–water partition coefficient (Wildman–Crippen LogP) is 0.388. The van der Waals surface area contributed by atoms with Gasteiger partial charge in [-0.1, -0.05) is 13.8 Å². The summed E-state index contributed by atoms with van der Waals surface area (Å²) in [4.78, 5) is 24.6. The molecule has 0 radical (unpaired) electrons. The number of hydrogen-bond donors (Lipinski definition) is 2. The molecular formula is C11H20N2O3S. The standard InChI is InChI=1S/C11H20N2O3S/c1-7(2)5-8(12)10(14)13-3-4-17-6-9(13)11(15)16/h7-9H,3-6,12H2,1-2H3,(H,15,16)/t8-,9?/m1/s1. The van der Waals surface area contributed by atoms with Crippen molar-refractivity contribution in [1.29, 1.82) is 0 Å². The van der Waals surface area contributed by atoms with Gasteiger partial charge in [0.25, 0.3) is 0 Å². The van der Waals surface area contributed by atoms with Gasteiger partial charge in [-0.2, -0.15) is 11.8 Å². The second kappa shape index (κ2) is 6.26. The van der Waals surface area contributed by atoms with Crippen molar-refractivity contribution in [2.45, 2.75) is 32.4 Å². The topological polar surface area (TPSA) is 83.6 Å². The Balaban J connectivity index is 2.67. The van der Waals surface area contributed by atoms with Crippen molar-refractivity contribution in [2.24, 2.45) is 11.7 Å². The molecule has 0 saturated carbocycles. The minimum absolute atomic E-state index is 0.230. The summed E-state index contributed by atoms with van der Waals surface area (Å²) in [6.45, 7) is 4.47. The van der Waals surface area contributed by atoms with Crippen molar-refractivity contribution in [3.05, 3.63) is 0 Å². The van der Waals surface area contributed by atoms with Crippen LogP contribution >= 0.6 is 11.8 Å². The summed E-state index contributed by atoms with van der Waals surface area (Å²) < 4.78 is 0. The van der Waals surface area contributed by atoms with E-state index in [-0.39, 0.29) is 5.91 Å². The Morgan fingerprint density at radius 3 is 2.71 bits per heavy atom. The van der Waals surface area contributed by atoms with E-state index in [4.69, 9.17) is 10.8 Å². The van der Waals surface area contributed by atoms with Crippen LogP contribution in [0.4, 0.5) is 0 Å². The summed E-state index contributed by atoms with van der Waals surface area (Å²) in [6, 6.07) is -1.31. The molecule has 0 aromatic heterocycles. The van der Waals surface area contributed by atoms with Gasteiger partial charge in [-0.25, -0.2) is 4.79 Å². The maximum Gasteiger partial charge on any atom is 0.327 e. The van der Waals surface area contributed by atoms with Crippen LogP contribution in [0.25, 0.3) is 0 Å². The number of carbonyl (C=O) groups is 2. The van der Waals surface area contributed by atoms with Gasteiger partial charge in [-0.3, -0.25) is 4.79 Å². The number of nitrogens with two attached hydrogens (primary N) is 1. The van der Waals surface area contributed by atoms with Gasteiger partial charge >= 0.3 is 5.97 Å². The van der Waals surface area contributed by atoms with Gasteiger partial charge in [0.1, 0.15) is 6.04 Å². The van der Waals surface area contributed by atoms with E-state index in [1.54, 1.807) is 11.8 Å². The lowest BCUT2D eigenvalue weighted by Crippen LogP contribution is -2.55. The minimum Gasteiger partial charge on any atom is -0.480 e. The second-order valence-electron chi connectivity index (χ2n) is 4.70. The van der Waals surface area contributed by atoms with Crippen molar-refractivity contribution in [3.8, 4) is 0 Å². The first-order valence-corrected chi connectivity index (χ1v) is 6.95. The Labute approximate surface area is 106 Å². The highest BCUT2D eigenvalue weighted by Gasteiger charge is 2.34. The third-order valence-electron chi connectivity index (χ3n) is 2.74. The molecule has 1 rings (SSSR count). The molecule has 1 unspecified atom stereocenters. The molecule has 98 valence electrons. The average Bonchev–Trinajstić information content (AvgIpc) is 2.27. The molecule has 0 aliphatic carbocycles. The first kappa shape index (κ1) is 14.3. The summed E-state index contributed by atoms with van der Waals surface area (Å²) in [6.07, 6.45) is 0.592. The SMILES string of the molecule is CC(C)C[C@@H](N)C(=O)N1CCSCC1C(=O)O. The fourth-order valence-corrected chi connectivity index (χ4v) is 2.93. The van der Waals surface area contributed by atoms with Crippen LogP contribution in [0.5, 0.6) is 0 Å². The summed E-state index contributed by atoms with van der Waals surface area (Å²) in [5.74, 6) is 0.393. The predicted molar refractivity (Wildman–Crippen MR) is 67.9 cm³/mol.